The molecular weight excluding hydrogens is 374 g/mol. The molecule has 2 aromatic rings. The zero-order valence-electron chi connectivity index (χ0n) is 16.3. The predicted molar refractivity (Wildman–Crippen MR) is 106 cm³/mol. The van der Waals surface area contributed by atoms with Crippen LogP contribution in [0.1, 0.15) is 18.1 Å². The van der Waals surface area contributed by atoms with E-state index in [4.69, 9.17) is 14.2 Å². The van der Waals surface area contributed by atoms with E-state index >= 15 is 0 Å². The Hall–Kier alpha value is -2.29. The molecule has 156 valence electrons. The fourth-order valence-corrected chi connectivity index (χ4v) is 3.29. The fraction of sp³-hybridized carbons (Fsp3) is 0.409. The molecule has 0 aliphatic carbocycles. The van der Waals surface area contributed by atoms with Gasteiger partial charge in [0.1, 0.15) is 24.4 Å². The number of ether oxygens (including phenoxy) is 3. The zero-order valence-corrected chi connectivity index (χ0v) is 16.3. The highest BCUT2D eigenvalue weighted by Gasteiger charge is 2.46. The van der Waals surface area contributed by atoms with Crippen LogP contribution >= 0.6 is 0 Å². The molecule has 1 fully saturated rings. The van der Waals surface area contributed by atoms with E-state index in [9.17, 15) is 15.0 Å². The Morgan fingerprint density at radius 2 is 1.59 bits per heavy atom. The number of aliphatic hydroxyl groups excluding tert-OH is 2. The van der Waals surface area contributed by atoms with Crippen LogP contribution < -0.4 is 5.32 Å². The van der Waals surface area contributed by atoms with Crippen LogP contribution in [-0.2, 0) is 32.2 Å². The molecule has 3 rings (SSSR count). The molecule has 1 aliphatic rings. The zero-order chi connectivity index (χ0) is 20.6. The lowest BCUT2D eigenvalue weighted by Gasteiger charge is -2.42. The molecule has 0 unspecified atom stereocenters. The summed E-state index contributed by atoms with van der Waals surface area (Å²) in [7, 11) is 0. The van der Waals surface area contributed by atoms with Crippen LogP contribution in [0.4, 0.5) is 0 Å². The van der Waals surface area contributed by atoms with Gasteiger partial charge in [0.25, 0.3) is 0 Å². The molecule has 0 radical (unpaired) electrons. The van der Waals surface area contributed by atoms with E-state index in [0.29, 0.717) is 6.61 Å². The molecule has 1 saturated heterocycles. The molecule has 0 saturated carbocycles. The summed E-state index contributed by atoms with van der Waals surface area (Å²) >= 11 is 0. The molecule has 7 heteroatoms. The summed E-state index contributed by atoms with van der Waals surface area (Å²) in [5.41, 5.74) is 1.91. The van der Waals surface area contributed by atoms with E-state index in [2.05, 4.69) is 5.32 Å². The summed E-state index contributed by atoms with van der Waals surface area (Å²) in [6.45, 7) is 1.99. The second-order valence-corrected chi connectivity index (χ2v) is 7.04. The van der Waals surface area contributed by atoms with Gasteiger partial charge >= 0.3 is 0 Å². The first-order valence-electron chi connectivity index (χ1n) is 9.60. The van der Waals surface area contributed by atoms with Gasteiger partial charge in [-0.1, -0.05) is 60.7 Å². The van der Waals surface area contributed by atoms with Crippen molar-refractivity contribution < 1.29 is 29.2 Å². The van der Waals surface area contributed by atoms with Gasteiger partial charge < -0.3 is 29.7 Å². The van der Waals surface area contributed by atoms with Crippen molar-refractivity contribution in [2.45, 2.75) is 50.8 Å². The van der Waals surface area contributed by atoms with E-state index in [0.717, 1.165) is 11.1 Å². The van der Waals surface area contributed by atoms with Crippen LogP contribution in [0, 0.1) is 0 Å². The Morgan fingerprint density at radius 3 is 2.17 bits per heavy atom. The van der Waals surface area contributed by atoms with Crippen molar-refractivity contribution in [3.05, 3.63) is 71.8 Å². The fourth-order valence-electron chi connectivity index (χ4n) is 3.29. The van der Waals surface area contributed by atoms with Gasteiger partial charge in [-0.3, -0.25) is 4.79 Å². The summed E-state index contributed by atoms with van der Waals surface area (Å²) in [6, 6.07) is 18.2. The van der Waals surface area contributed by atoms with Crippen molar-refractivity contribution in [3.8, 4) is 0 Å². The number of benzene rings is 2. The van der Waals surface area contributed by atoms with E-state index in [1.807, 2.05) is 60.7 Å². The van der Waals surface area contributed by atoms with Crippen molar-refractivity contribution in [3.63, 3.8) is 0 Å². The average molecular weight is 401 g/mol. The summed E-state index contributed by atoms with van der Waals surface area (Å²) < 4.78 is 17.1. The molecule has 3 N–H and O–H groups in total. The predicted octanol–water partition coefficient (Wildman–Crippen LogP) is 1.37. The van der Waals surface area contributed by atoms with Gasteiger partial charge in [-0.15, -0.1) is 0 Å². The first-order valence-corrected chi connectivity index (χ1v) is 9.60. The van der Waals surface area contributed by atoms with E-state index in [1.165, 1.54) is 6.92 Å². The highest BCUT2D eigenvalue weighted by molar-refractivity contribution is 5.73. The molecule has 0 spiro atoms. The Morgan fingerprint density at radius 1 is 1.00 bits per heavy atom. The number of nitrogens with one attached hydrogen (secondary N) is 1. The van der Waals surface area contributed by atoms with Gasteiger partial charge in [-0.2, -0.15) is 0 Å². The summed E-state index contributed by atoms with van der Waals surface area (Å²) in [4.78, 5) is 11.6. The second kappa shape index (κ2) is 10.5. The van der Waals surface area contributed by atoms with Crippen LogP contribution in [-0.4, -0.2) is 53.4 Å². The van der Waals surface area contributed by atoms with Crippen molar-refractivity contribution >= 4 is 5.91 Å². The van der Waals surface area contributed by atoms with E-state index in [-0.39, 0.29) is 19.1 Å². The van der Waals surface area contributed by atoms with E-state index < -0.39 is 30.6 Å². The standard InChI is InChI=1S/C22H27NO6/c1-15(24)23-19-21(28-13-17-10-6-3-7-11-17)20(25)18(29-22(19)26)14-27-12-16-8-4-2-5-9-16/h2-11,18-22,25-26H,12-14H2,1H3,(H,23,24)/t18-,19-,20-,21+,22+/m1/s1. The highest BCUT2D eigenvalue weighted by Crippen LogP contribution is 2.24. The van der Waals surface area contributed by atoms with Gasteiger partial charge in [0, 0.05) is 6.92 Å². The molecule has 1 heterocycles. The minimum absolute atomic E-state index is 0.0745. The second-order valence-electron chi connectivity index (χ2n) is 7.04. The normalized spacial score (nSPS) is 26.8. The lowest BCUT2D eigenvalue weighted by molar-refractivity contribution is -0.266. The summed E-state index contributed by atoms with van der Waals surface area (Å²) in [5, 5.41) is 23.8. The van der Waals surface area contributed by atoms with Crippen LogP contribution in [0.15, 0.2) is 60.7 Å². The average Bonchev–Trinajstić information content (AvgIpc) is 2.72. The molecular formula is C22H27NO6. The third-order valence-electron chi connectivity index (χ3n) is 4.74. The third-order valence-corrected chi connectivity index (χ3v) is 4.74. The van der Waals surface area contributed by atoms with Gasteiger partial charge in [-0.05, 0) is 11.1 Å². The molecule has 0 aromatic heterocycles. The molecule has 2 aromatic carbocycles. The Balaban J connectivity index is 1.64. The summed E-state index contributed by atoms with van der Waals surface area (Å²) in [5.74, 6) is -0.350. The van der Waals surface area contributed by atoms with Crippen LogP contribution in [0.5, 0.6) is 0 Å². The topological polar surface area (TPSA) is 97.3 Å². The number of hydrogen-bond donors (Lipinski definition) is 3. The number of amides is 1. The Labute approximate surface area is 170 Å². The van der Waals surface area contributed by atoms with Gasteiger partial charge in [-0.25, -0.2) is 0 Å². The maximum absolute atomic E-state index is 11.6. The first kappa shape index (κ1) is 21.4. The quantitative estimate of drug-likeness (QED) is 0.618. The number of rotatable bonds is 8. The van der Waals surface area contributed by atoms with E-state index in [1.54, 1.807) is 0 Å². The van der Waals surface area contributed by atoms with Gasteiger partial charge in [0.05, 0.1) is 19.8 Å². The number of hydrogen-bond acceptors (Lipinski definition) is 6. The number of carbonyl (C=O) groups excluding carboxylic acids is 1. The molecule has 1 amide bonds. The lowest BCUT2D eigenvalue weighted by atomic mass is 9.96. The maximum Gasteiger partial charge on any atom is 0.217 e. The van der Waals surface area contributed by atoms with Crippen molar-refractivity contribution in [2.24, 2.45) is 0 Å². The first-order chi connectivity index (χ1) is 14.0. The Bertz CT molecular complexity index is 756. The molecule has 7 nitrogen and oxygen atoms in total. The van der Waals surface area contributed by atoms with Crippen molar-refractivity contribution in [2.75, 3.05) is 6.61 Å². The van der Waals surface area contributed by atoms with Crippen LogP contribution in [0.25, 0.3) is 0 Å². The molecule has 1 aliphatic heterocycles. The van der Waals surface area contributed by atoms with Gasteiger partial charge in [0.2, 0.25) is 5.91 Å². The Kier molecular flexibility index (Phi) is 7.74. The minimum atomic E-state index is -1.33. The van der Waals surface area contributed by atoms with Crippen LogP contribution in [0.2, 0.25) is 0 Å². The smallest absolute Gasteiger partial charge is 0.217 e. The third kappa shape index (κ3) is 6.09. The van der Waals surface area contributed by atoms with Crippen LogP contribution in [0.3, 0.4) is 0 Å². The SMILES string of the molecule is CC(=O)N[C@@H]1[C@H](OCc2ccccc2)[C@H](O)[C@@H](COCc2ccccc2)O[C@@H]1O. The lowest BCUT2D eigenvalue weighted by Crippen LogP contribution is -2.64. The molecule has 0 bridgehead atoms. The largest absolute Gasteiger partial charge is 0.388 e. The number of aliphatic hydroxyl groups is 2. The van der Waals surface area contributed by atoms with Gasteiger partial charge in [0.15, 0.2) is 6.29 Å². The molecule has 5 atom stereocenters. The van der Waals surface area contributed by atoms with Crippen molar-refractivity contribution in [1.82, 2.24) is 5.32 Å². The number of carbonyl (C=O) groups is 1. The summed E-state index contributed by atoms with van der Waals surface area (Å²) in [6.07, 6.45) is -4.06. The van der Waals surface area contributed by atoms with Crippen molar-refractivity contribution in [1.29, 1.82) is 0 Å². The maximum atomic E-state index is 11.6. The minimum Gasteiger partial charge on any atom is -0.388 e. The highest BCUT2D eigenvalue weighted by atomic mass is 16.6. The monoisotopic (exact) mass is 401 g/mol. The molecule has 29 heavy (non-hydrogen) atoms.